The molecule has 0 heterocycles. The second-order valence-electron chi connectivity index (χ2n) is 15.0. The summed E-state index contributed by atoms with van der Waals surface area (Å²) >= 11 is 0. The van der Waals surface area contributed by atoms with Gasteiger partial charge in [-0.25, -0.2) is 0 Å². The summed E-state index contributed by atoms with van der Waals surface area (Å²) in [7, 11) is 0. The molecule has 46 heavy (non-hydrogen) atoms. The van der Waals surface area contributed by atoms with Gasteiger partial charge in [0.2, 0.25) is 0 Å². The normalized spacial score (nSPS) is 12.6. The predicted molar refractivity (Wildman–Crippen MR) is 202 cm³/mol. The van der Waals surface area contributed by atoms with Crippen molar-refractivity contribution in [2.45, 2.75) is 52.4 Å². The summed E-state index contributed by atoms with van der Waals surface area (Å²) in [5.41, 5.74) is 7.94. The van der Waals surface area contributed by atoms with Crippen LogP contribution < -0.4 is 0 Å². The van der Waals surface area contributed by atoms with Gasteiger partial charge in [-0.05, 0) is 116 Å². The Bertz CT molecular complexity index is 2470. The summed E-state index contributed by atoms with van der Waals surface area (Å²) in [5.74, 6) is 0. The van der Waals surface area contributed by atoms with Gasteiger partial charge in [0, 0.05) is 0 Å². The van der Waals surface area contributed by atoms with E-state index in [1.807, 2.05) is 0 Å². The summed E-state index contributed by atoms with van der Waals surface area (Å²) < 4.78 is 0. The summed E-state index contributed by atoms with van der Waals surface area (Å²) in [4.78, 5) is 0. The predicted octanol–water partition coefficient (Wildman–Crippen LogP) is 13.4. The zero-order chi connectivity index (χ0) is 31.8. The van der Waals surface area contributed by atoms with Crippen molar-refractivity contribution in [1.29, 1.82) is 0 Å². The van der Waals surface area contributed by atoms with Crippen LogP contribution in [0.2, 0.25) is 0 Å². The summed E-state index contributed by atoms with van der Waals surface area (Å²) in [6.45, 7) is 13.9. The standard InChI is InChI=1S/C46H40/c1-45(2,3)33-22-25-40-41(27-33)43(32-20-23-37-31(26-32)19-18-30-13-8-9-15-35(30)37)39-24-21-34(46(4,5)6)28-42(39)44(40)38-17-11-14-29-12-7-10-16-36(29)38/h7-28H,1-6H3. The van der Waals surface area contributed by atoms with Crippen molar-refractivity contribution in [2.24, 2.45) is 0 Å². The molecule has 8 aromatic rings. The molecule has 0 aliphatic carbocycles. The Morgan fingerprint density at radius 2 is 0.826 bits per heavy atom. The second-order valence-corrected chi connectivity index (χ2v) is 15.0. The maximum atomic E-state index is 2.47. The Morgan fingerprint density at radius 1 is 0.326 bits per heavy atom. The van der Waals surface area contributed by atoms with Crippen LogP contribution >= 0.6 is 0 Å². The van der Waals surface area contributed by atoms with Crippen LogP contribution in [-0.2, 0) is 10.8 Å². The fraction of sp³-hybridized carbons (Fsp3) is 0.174. The maximum Gasteiger partial charge on any atom is -0.00200 e. The first-order valence-electron chi connectivity index (χ1n) is 16.5. The van der Waals surface area contributed by atoms with Gasteiger partial charge in [0.1, 0.15) is 0 Å². The minimum atomic E-state index is 0.0262. The van der Waals surface area contributed by atoms with Crippen LogP contribution in [0.3, 0.4) is 0 Å². The Labute approximate surface area is 272 Å². The van der Waals surface area contributed by atoms with E-state index < -0.39 is 0 Å². The Hall–Kier alpha value is -4.94. The Morgan fingerprint density at radius 3 is 1.50 bits per heavy atom. The lowest BCUT2D eigenvalue weighted by Gasteiger charge is -2.25. The lowest BCUT2D eigenvalue weighted by Crippen LogP contribution is -2.11. The van der Waals surface area contributed by atoms with Crippen LogP contribution in [0.5, 0.6) is 0 Å². The number of hydrogen-bond donors (Lipinski definition) is 0. The molecule has 0 aromatic heterocycles. The number of hydrogen-bond acceptors (Lipinski definition) is 0. The van der Waals surface area contributed by atoms with Crippen molar-refractivity contribution in [3.8, 4) is 22.3 Å². The highest BCUT2D eigenvalue weighted by atomic mass is 14.3. The van der Waals surface area contributed by atoms with Gasteiger partial charge in [-0.1, -0.05) is 157 Å². The summed E-state index contributed by atoms with van der Waals surface area (Å²) in [6, 6.07) is 50.4. The highest BCUT2D eigenvalue weighted by molar-refractivity contribution is 6.24. The SMILES string of the molecule is CC(C)(C)c1ccc2c(-c3cccc4ccccc34)c3cc(C(C)(C)C)ccc3c(-c3ccc4c(ccc5ccccc54)c3)c2c1. The molecule has 0 heteroatoms. The van der Waals surface area contributed by atoms with Gasteiger partial charge in [0.25, 0.3) is 0 Å². The monoisotopic (exact) mass is 592 g/mol. The van der Waals surface area contributed by atoms with Gasteiger partial charge in [-0.15, -0.1) is 0 Å². The lowest BCUT2D eigenvalue weighted by atomic mass is 9.79. The first-order chi connectivity index (χ1) is 22.1. The van der Waals surface area contributed by atoms with Crippen molar-refractivity contribution in [1.82, 2.24) is 0 Å². The van der Waals surface area contributed by atoms with Crippen molar-refractivity contribution >= 4 is 53.9 Å². The van der Waals surface area contributed by atoms with Crippen molar-refractivity contribution in [3.63, 3.8) is 0 Å². The zero-order valence-electron chi connectivity index (χ0n) is 27.7. The van der Waals surface area contributed by atoms with E-state index >= 15 is 0 Å². The average molecular weight is 593 g/mol. The fourth-order valence-corrected chi connectivity index (χ4v) is 7.37. The third-order valence-corrected chi connectivity index (χ3v) is 9.94. The van der Waals surface area contributed by atoms with E-state index in [2.05, 4.69) is 175 Å². The number of rotatable bonds is 2. The van der Waals surface area contributed by atoms with Gasteiger partial charge < -0.3 is 0 Å². The topological polar surface area (TPSA) is 0 Å². The van der Waals surface area contributed by atoms with E-state index in [9.17, 15) is 0 Å². The molecular weight excluding hydrogens is 553 g/mol. The Kier molecular flexibility index (Phi) is 6.38. The van der Waals surface area contributed by atoms with Gasteiger partial charge in [-0.3, -0.25) is 0 Å². The Balaban J connectivity index is 1.56. The zero-order valence-corrected chi connectivity index (χ0v) is 27.7. The molecule has 0 fully saturated rings. The van der Waals surface area contributed by atoms with E-state index in [-0.39, 0.29) is 10.8 Å². The average Bonchev–Trinajstić information content (AvgIpc) is 3.05. The van der Waals surface area contributed by atoms with Gasteiger partial charge in [-0.2, -0.15) is 0 Å². The molecule has 224 valence electrons. The van der Waals surface area contributed by atoms with E-state index in [0.29, 0.717) is 0 Å². The molecule has 8 aromatic carbocycles. The largest absolute Gasteiger partial charge is 0.0616 e. The van der Waals surface area contributed by atoms with E-state index in [4.69, 9.17) is 0 Å². The quantitative estimate of drug-likeness (QED) is 0.138. The first kappa shape index (κ1) is 28.5. The van der Waals surface area contributed by atoms with Crippen LogP contribution in [-0.4, -0.2) is 0 Å². The highest BCUT2D eigenvalue weighted by Gasteiger charge is 2.23. The molecular formula is C46H40. The van der Waals surface area contributed by atoms with E-state index in [0.717, 1.165) is 0 Å². The number of fused-ring (bicyclic) bond motifs is 6. The maximum absolute atomic E-state index is 2.47. The van der Waals surface area contributed by atoms with Gasteiger partial charge in [0.05, 0.1) is 0 Å². The second kappa shape index (κ2) is 10.3. The lowest BCUT2D eigenvalue weighted by molar-refractivity contribution is 0.590. The van der Waals surface area contributed by atoms with Crippen molar-refractivity contribution in [2.75, 3.05) is 0 Å². The molecule has 0 bridgehead atoms. The van der Waals surface area contributed by atoms with Crippen LogP contribution in [0.1, 0.15) is 52.7 Å². The molecule has 0 amide bonds. The van der Waals surface area contributed by atoms with Gasteiger partial charge >= 0.3 is 0 Å². The van der Waals surface area contributed by atoms with Crippen LogP contribution in [0.4, 0.5) is 0 Å². The smallest absolute Gasteiger partial charge is 0.00200 e. The molecule has 0 saturated carbocycles. The third-order valence-electron chi connectivity index (χ3n) is 9.94. The molecule has 0 N–H and O–H groups in total. The molecule has 0 unspecified atom stereocenters. The fourth-order valence-electron chi connectivity index (χ4n) is 7.37. The van der Waals surface area contributed by atoms with E-state index in [1.54, 1.807) is 0 Å². The molecule has 8 rings (SSSR count). The molecule has 0 aliphatic heterocycles. The van der Waals surface area contributed by atoms with Crippen LogP contribution in [0.25, 0.3) is 76.1 Å². The molecule has 0 radical (unpaired) electrons. The molecule has 0 nitrogen and oxygen atoms in total. The van der Waals surface area contributed by atoms with Crippen molar-refractivity contribution < 1.29 is 0 Å². The molecule has 0 atom stereocenters. The van der Waals surface area contributed by atoms with Crippen LogP contribution in [0.15, 0.2) is 133 Å². The minimum absolute atomic E-state index is 0.0262. The highest BCUT2D eigenvalue weighted by Crippen LogP contribution is 2.47. The summed E-state index contributed by atoms with van der Waals surface area (Å²) in [6.07, 6.45) is 0. The molecule has 0 spiro atoms. The molecule has 0 saturated heterocycles. The van der Waals surface area contributed by atoms with E-state index in [1.165, 1.54) is 87.2 Å². The van der Waals surface area contributed by atoms with Gasteiger partial charge in [0.15, 0.2) is 0 Å². The van der Waals surface area contributed by atoms with Crippen LogP contribution in [0, 0.1) is 0 Å². The summed E-state index contributed by atoms with van der Waals surface area (Å²) in [5, 5.41) is 12.9. The number of benzene rings is 8. The minimum Gasteiger partial charge on any atom is -0.0616 e. The van der Waals surface area contributed by atoms with Crippen molar-refractivity contribution in [3.05, 3.63) is 145 Å². The first-order valence-corrected chi connectivity index (χ1v) is 16.5. The molecule has 0 aliphatic rings. The third kappa shape index (κ3) is 4.59.